The van der Waals surface area contributed by atoms with Gasteiger partial charge < -0.3 is 5.32 Å². The first-order chi connectivity index (χ1) is 9.31. The van der Waals surface area contributed by atoms with Crippen LogP contribution in [0.25, 0.3) is 0 Å². The van der Waals surface area contributed by atoms with E-state index in [1.54, 1.807) is 0 Å². The summed E-state index contributed by atoms with van der Waals surface area (Å²) in [7, 11) is 0. The number of hydrogen-bond acceptors (Lipinski definition) is 4. The van der Waals surface area contributed by atoms with Crippen LogP contribution in [0.4, 0.5) is 0 Å². The number of hydrogen-bond donors (Lipinski definition) is 1. The zero-order valence-electron chi connectivity index (χ0n) is 11.8. The number of rotatable bonds is 6. The molecular formula is C15H24N2S2. The second kappa shape index (κ2) is 8.18. The summed E-state index contributed by atoms with van der Waals surface area (Å²) in [6.45, 7) is 5.71. The molecule has 3 unspecified atom stereocenters. The minimum Gasteiger partial charge on any atom is -0.312 e. The lowest BCUT2D eigenvalue weighted by Crippen LogP contribution is -2.46. The Morgan fingerprint density at radius 3 is 2.89 bits per heavy atom. The third-order valence-corrected chi connectivity index (χ3v) is 6.70. The summed E-state index contributed by atoms with van der Waals surface area (Å²) in [4.78, 5) is 4.49. The van der Waals surface area contributed by atoms with E-state index in [2.05, 4.69) is 59.8 Å². The summed E-state index contributed by atoms with van der Waals surface area (Å²) in [5, 5.41) is 5.18. The zero-order valence-corrected chi connectivity index (χ0v) is 13.5. The van der Waals surface area contributed by atoms with Gasteiger partial charge in [0.1, 0.15) is 0 Å². The van der Waals surface area contributed by atoms with Gasteiger partial charge >= 0.3 is 0 Å². The lowest BCUT2D eigenvalue weighted by Gasteiger charge is -2.35. The van der Waals surface area contributed by atoms with Gasteiger partial charge in [-0.05, 0) is 25.1 Å². The molecule has 2 nitrogen and oxygen atoms in total. The van der Waals surface area contributed by atoms with E-state index in [1.807, 2.05) is 12.3 Å². The van der Waals surface area contributed by atoms with Gasteiger partial charge in [0.15, 0.2) is 0 Å². The molecule has 1 N–H and O–H groups in total. The van der Waals surface area contributed by atoms with Gasteiger partial charge in [0.25, 0.3) is 0 Å². The van der Waals surface area contributed by atoms with Crippen LogP contribution >= 0.6 is 23.5 Å². The molecule has 2 heterocycles. The SMILES string of the molecule is CCCNC(Cc1ccccn1)C1SCCSC1C. The molecule has 0 radical (unpaired) electrons. The molecule has 2 rings (SSSR count). The van der Waals surface area contributed by atoms with Gasteiger partial charge in [0.2, 0.25) is 0 Å². The molecule has 0 amide bonds. The molecule has 1 aliphatic rings. The molecule has 1 aromatic heterocycles. The Bertz CT molecular complexity index is 358. The van der Waals surface area contributed by atoms with Crippen molar-refractivity contribution in [3.63, 3.8) is 0 Å². The van der Waals surface area contributed by atoms with Crippen molar-refractivity contribution < 1.29 is 0 Å². The van der Waals surface area contributed by atoms with Gasteiger partial charge in [-0.3, -0.25) is 4.98 Å². The smallest absolute Gasteiger partial charge is 0.0419 e. The number of pyridine rings is 1. The van der Waals surface area contributed by atoms with Gasteiger partial charge in [0, 0.05) is 46.4 Å². The maximum atomic E-state index is 4.49. The van der Waals surface area contributed by atoms with Crippen molar-refractivity contribution in [1.82, 2.24) is 10.3 Å². The van der Waals surface area contributed by atoms with E-state index in [1.165, 1.54) is 23.6 Å². The topological polar surface area (TPSA) is 24.9 Å². The second-order valence-corrected chi connectivity index (χ2v) is 7.77. The Morgan fingerprint density at radius 2 is 2.21 bits per heavy atom. The van der Waals surface area contributed by atoms with Gasteiger partial charge in [-0.25, -0.2) is 0 Å². The highest BCUT2D eigenvalue weighted by Gasteiger charge is 2.30. The van der Waals surface area contributed by atoms with Crippen LogP contribution in [0.15, 0.2) is 24.4 Å². The fourth-order valence-corrected chi connectivity index (χ4v) is 5.43. The Morgan fingerprint density at radius 1 is 1.37 bits per heavy atom. The third kappa shape index (κ3) is 4.69. The highest BCUT2D eigenvalue weighted by molar-refractivity contribution is 8.07. The molecule has 0 bridgehead atoms. The van der Waals surface area contributed by atoms with Gasteiger partial charge in [-0.15, -0.1) is 0 Å². The Hall–Kier alpha value is -0.190. The third-order valence-electron chi connectivity index (χ3n) is 3.45. The first kappa shape index (κ1) is 15.2. The Labute approximate surface area is 125 Å². The quantitative estimate of drug-likeness (QED) is 0.871. The van der Waals surface area contributed by atoms with E-state index in [0.717, 1.165) is 18.2 Å². The van der Waals surface area contributed by atoms with Crippen LogP contribution in [0, 0.1) is 0 Å². The van der Waals surface area contributed by atoms with Crippen LogP contribution in [0.1, 0.15) is 26.0 Å². The summed E-state index contributed by atoms with van der Waals surface area (Å²) < 4.78 is 0. The lowest BCUT2D eigenvalue weighted by molar-refractivity contribution is 0.483. The maximum Gasteiger partial charge on any atom is 0.0419 e. The van der Waals surface area contributed by atoms with Gasteiger partial charge in [0.05, 0.1) is 0 Å². The lowest BCUT2D eigenvalue weighted by atomic mass is 10.0. The molecule has 0 aliphatic carbocycles. The van der Waals surface area contributed by atoms with Crippen LogP contribution in [-0.4, -0.2) is 39.6 Å². The first-order valence-corrected chi connectivity index (χ1v) is 9.27. The number of nitrogens with zero attached hydrogens (tertiary/aromatic N) is 1. The highest BCUT2D eigenvalue weighted by Crippen LogP contribution is 2.33. The fraction of sp³-hybridized carbons (Fsp3) is 0.667. The van der Waals surface area contributed by atoms with Crippen LogP contribution in [0.2, 0.25) is 0 Å². The molecule has 1 aromatic rings. The van der Waals surface area contributed by atoms with Gasteiger partial charge in [-0.1, -0.05) is 19.9 Å². The average Bonchev–Trinajstić information content (AvgIpc) is 2.45. The van der Waals surface area contributed by atoms with Crippen LogP contribution in [-0.2, 0) is 6.42 Å². The fourth-order valence-electron chi connectivity index (χ4n) is 2.47. The standard InChI is InChI=1S/C15H24N2S2/c1-3-7-17-14(11-13-6-4-5-8-16-13)15-12(2)18-9-10-19-15/h4-6,8,12,14-15,17H,3,7,9-11H2,1-2H3. The van der Waals surface area contributed by atoms with Crippen molar-refractivity contribution in [1.29, 1.82) is 0 Å². The molecule has 1 fully saturated rings. The zero-order chi connectivity index (χ0) is 13.5. The van der Waals surface area contributed by atoms with Crippen molar-refractivity contribution >= 4 is 23.5 Å². The minimum absolute atomic E-state index is 0.544. The van der Waals surface area contributed by atoms with E-state index < -0.39 is 0 Å². The van der Waals surface area contributed by atoms with Gasteiger partial charge in [-0.2, -0.15) is 23.5 Å². The monoisotopic (exact) mass is 296 g/mol. The molecule has 106 valence electrons. The largest absolute Gasteiger partial charge is 0.312 e. The normalized spacial score (nSPS) is 25.2. The van der Waals surface area contributed by atoms with E-state index in [9.17, 15) is 0 Å². The second-order valence-electron chi connectivity index (χ2n) is 5.00. The molecule has 0 spiro atoms. The van der Waals surface area contributed by atoms with Crippen molar-refractivity contribution in [2.75, 3.05) is 18.1 Å². The predicted molar refractivity (Wildman–Crippen MR) is 88.2 cm³/mol. The molecule has 3 atom stereocenters. The van der Waals surface area contributed by atoms with Crippen LogP contribution in [0.5, 0.6) is 0 Å². The maximum absolute atomic E-state index is 4.49. The molecule has 1 aliphatic heterocycles. The molecule has 0 aromatic carbocycles. The predicted octanol–water partition coefficient (Wildman–Crippen LogP) is 3.23. The minimum atomic E-state index is 0.544. The Balaban J connectivity index is 2.02. The molecule has 1 saturated heterocycles. The summed E-state index contributed by atoms with van der Waals surface area (Å²) in [6.07, 6.45) is 4.14. The van der Waals surface area contributed by atoms with Crippen molar-refractivity contribution in [3.05, 3.63) is 30.1 Å². The summed E-state index contributed by atoms with van der Waals surface area (Å²) in [5.41, 5.74) is 1.21. The number of aromatic nitrogens is 1. The molecule has 0 saturated carbocycles. The van der Waals surface area contributed by atoms with Crippen LogP contribution < -0.4 is 5.32 Å². The first-order valence-electron chi connectivity index (χ1n) is 7.17. The average molecular weight is 297 g/mol. The summed E-state index contributed by atoms with van der Waals surface area (Å²) in [6, 6.07) is 6.77. The van der Waals surface area contributed by atoms with E-state index in [0.29, 0.717) is 11.3 Å². The number of nitrogens with one attached hydrogen (secondary N) is 1. The van der Waals surface area contributed by atoms with E-state index in [-0.39, 0.29) is 0 Å². The van der Waals surface area contributed by atoms with Crippen molar-refractivity contribution in [2.24, 2.45) is 0 Å². The summed E-state index contributed by atoms with van der Waals surface area (Å²) >= 11 is 4.26. The molecule has 19 heavy (non-hydrogen) atoms. The summed E-state index contributed by atoms with van der Waals surface area (Å²) in [5.74, 6) is 2.58. The molecule has 4 heteroatoms. The van der Waals surface area contributed by atoms with E-state index >= 15 is 0 Å². The van der Waals surface area contributed by atoms with Crippen molar-refractivity contribution in [2.45, 2.75) is 43.2 Å². The van der Waals surface area contributed by atoms with Crippen LogP contribution in [0.3, 0.4) is 0 Å². The Kier molecular flexibility index (Phi) is 6.54. The highest BCUT2D eigenvalue weighted by atomic mass is 32.2. The number of thioether (sulfide) groups is 2. The van der Waals surface area contributed by atoms with E-state index in [4.69, 9.17) is 0 Å². The van der Waals surface area contributed by atoms with Crippen molar-refractivity contribution in [3.8, 4) is 0 Å². The molecular weight excluding hydrogens is 272 g/mol.